The second kappa shape index (κ2) is 8.75. The third-order valence-electron chi connectivity index (χ3n) is 6.87. The summed E-state index contributed by atoms with van der Waals surface area (Å²) in [5.41, 5.74) is 6.22. The van der Waals surface area contributed by atoms with Gasteiger partial charge in [0, 0.05) is 44.5 Å². The van der Waals surface area contributed by atoms with Gasteiger partial charge in [-0.2, -0.15) is 0 Å². The Bertz CT molecular complexity index is 991. The molecule has 3 unspecified atom stereocenters. The topological polar surface area (TPSA) is 90.0 Å². The number of carbonyl (C=O) groups is 2. The van der Waals surface area contributed by atoms with Crippen molar-refractivity contribution in [1.82, 2.24) is 25.1 Å². The number of hydrogen-bond donors (Lipinski definition) is 2. The summed E-state index contributed by atoms with van der Waals surface area (Å²) in [5.74, 6) is -0.807. The minimum absolute atomic E-state index is 0.0383. The standard InChI is InChI=1S/C23H29FN6O3/c1-14-13-33-22-19-15(11-17(24)20(22)29-9-7-28(2)8-10-29)21(31)16(12-30(14)19)23(32)27-26-18-5-3-4-6-25-18/h3-6,11,14,16-17,20H,7-10,12-13H2,1-2H3,(H,25,26)(H,27,32)/t14-,16?,17?,20?/m0/s1. The summed E-state index contributed by atoms with van der Waals surface area (Å²) in [7, 11) is 2.05. The van der Waals surface area contributed by atoms with E-state index >= 15 is 4.39 Å². The number of piperidine rings is 1. The second-order valence-corrected chi connectivity index (χ2v) is 9.08. The number of carbonyl (C=O) groups excluding carboxylic acids is 2. The van der Waals surface area contributed by atoms with E-state index in [0.29, 0.717) is 23.9 Å². The minimum atomic E-state index is -1.38. The van der Waals surface area contributed by atoms with Gasteiger partial charge in [0.05, 0.1) is 11.7 Å². The number of anilines is 1. The lowest BCUT2D eigenvalue weighted by Crippen LogP contribution is -2.59. The first kappa shape index (κ1) is 21.8. The van der Waals surface area contributed by atoms with E-state index in [9.17, 15) is 9.59 Å². The van der Waals surface area contributed by atoms with Gasteiger partial charge in [-0.1, -0.05) is 6.07 Å². The number of nitrogens with one attached hydrogen (secondary N) is 2. The number of amides is 1. The number of halogens is 1. The molecule has 4 atom stereocenters. The molecular weight excluding hydrogens is 427 g/mol. The van der Waals surface area contributed by atoms with Crippen LogP contribution in [0.2, 0.25) is 0 Å². The zero-order valence-electron chi connectivity index (χ0n) is 18.8. The number of piperazine rings is 1. The van der Waals surface area contributed by atoms with Crippen LogP contribution in [0.5, 0.6) is 0 Å². The normalized spacial score (nSPS) is 30.3. The number of hydrogen-bond acceptors (Lipinski definition) is 8. The Balaban J connectivity index is 1.40. The molecule has 0 bridgehead atoms. The summed E-state index contributed by atoms with van der Waals surface area (Å²) in [6.45, 7) is 5.78. The first-order valence-electron chi connectivity index (χ1n) is 11.4. The van der Waals surface area contributed by atoms with Crippen LogP contribution in [-0.2, 0) is 14.3 Å². The largest absolute Gasteiger partial charge is 0.492 e. The fraction of sp³-hybridized carbons (Fsp3) is 0.522. The average Bonchev–Trinajstić information content (AvgIpc) is 2.82. The predicted octanol–water partition coefficient (Wildman–Crippen LogP) is 0.550. The molecule has 1 aromatic rings. The number of alkyl halides is 1. The highest BCUT2D eigenvalue weighted by Gasteiger charge is 2.50. The number of nitrogens with zero attached hydrogens (tertiary/aromatic N) is 4. The van der Waals surface area contributed by atoms with Crippen LogP contribution in [0.25, 0.3) is 0 Å². The minimum Gasteiger partial charge on any atom is -0.492 e. The molecule has 0 spiro atoms. The van der Waals surface area contributed by atoms with Gasteiger partial charge in [-0.25, -0.2) is 9.37 Å². The molecule has 33 heavy (non-hydrogen) atoms. The van der Waals surface area contributed by atoms with Crippen LogP contribution < -0.4 is 10.9 Å². The van der Waals surface area contributed by atoms with Crippen molar-refractivity contribution in [2.24, 2.45) is 5.92 Å². The van der Waals surface area contributed by atoms with Gasteiger partial charge in [-0.3, -0.25) is 25.3 Å². The van der Waals surface area contributed by atoms with E-state index < -0.39 is 24.0 Å². The smallest absolute Gasteiger partial charge is 0.251 e. The molecule has 5 rings (SSSR count). The average molecular weight is 457 g/mol. The number of ether oxygens (including phenoxy) is 1. The number of aromatic nitrogens is 1. The summed E-state index contributed by atoms with van der Waals surface area (Å²) in [5, 5.41) is 0. The van der Waals surface area contributed by atoms with Gasteiger partial charge in [0.25, 0.3) is 5.91 Å². The van der Waals surface area contributed by atoms with E-state index in [1.807, 2.05) is 11.8 Å². The van der Waals surface area contributed by atoms with E-state index in [1.54, 1.807) is 24.4 Å². The second-order valence-electron chi connectivity index (χ2n) is 9.08. The monoisotopic (exact) mass is 456 g/mol. The summed E-state index contributed by atoms with van der Waals surface area (Å²) in [6.07, 6.45) is 1.61. The van der Waals surface area contributed by atoms with Crippen molar-refractivity contribution in [2.45, 2.75) is 25.2 Å². The molecule has 2 fully saturated rings. The number of likely N-dealkylation sites (N-methyl/N-ethyl adjacent to an activating group) is 1. The number of allylic oxidation sites excluding steroid dienone is 1. The SMILES string of the molecule is C[C@H]1COC2=C3C(=CC(F)C2N2CCN(C)CC2)C(=O)C(C(=O)NNc2ccccn2)CN31. The molecule has 176 valence electrons. The van der Waals surface area contributed by atoms with Gasteiger partial charge in [0.15, 0.2) is 5.78 Å². The molecule has 3 aliphatic heterocycles. The molecule has 4 heterocycles. The quantitative estimate of drug-likeness (QED) is 0.502. The first-order valence-corrected chi connectivity index (χ1v) is 11.4. The Labute approximate surface area is 192 Å². The highest BCUT2D eigenvalue weighted by Crippen LogP contribution is 2.41. The van der Waals surface area contributed by atoms with Crippen LogP contribution >= 0.6 is 0 Å². The zero-order chi connectivity index (χ0) is 23.1. The van der Waals surface area contributed by atoms with Gasteiger partial charge in [0.1, 0.15) is 36.3 Å². The van der Waals surface area contributed by atoms with Crippen LogP contribution in [-0.4, -0.2) is 96.0 Å². The van der Waals surface area contributed by atoms with E-state index in [1.165, 1.54) is 6.08 Å². The van der Waals surface area contributed by atoms with Gasteiger partial charge < -0.3 is 14.5 Å². The van der Waals surface area contributed by atoms with Crippen molar-refractivity contribution in [3.8, 4) is 0 Å². The van der Waals surface area contributed by atoms with Crippen molar-refractivity contribution in [2.75, 3.05) is 51.8 Å². The Morgan fingerprint density at radius 1 is 1.24 bits per heavy atom. The number of hydrazine groups is 1. The van der Waals surface area contributed by atoms with Crippen molar-refractivity contribution in [1.29, 1.82) is 0 Å². The van der Waals surface area contributed by atoms with E-state index in [0.717, 1.165) is 26.2 Å². The van der Waals surface area contributed by atoms with E-state index in [4.69, 9.17) is 4.74 Å². The molecular formula is C23H29FN6O3. The van der Waals surface area contributed by atoms with Crippen LogP contribution in [0.4, 0.5) is 10.2 Å². The fourth-order valence-electron chi connectivity index (χ4n) is 4.97. The van der Waals surface area contributed by atoms with Crippen molar-refractivity contribution in [3.05, 3.63) is 47.5 Å². The summed E-state index contributed by atoms with van der Waals surface area (Å²) in [6, 6.07) is 4.67. The third kappa shape index (κ3) is 3.97. The van der Waals surface area contributed by atoms with E-state index in [-0.39, 0.29) is 23.9 Å². The molecule has 0 saturated carbocycles. The lowest BCUT2D eigenvalue weighted by molar-refractivity contribution is -0.134. The molecule has 10 heteroatoms. The molecule has 9 nitrogen and oxygen atoms in total. The lowest BCUT2D eigenvalue weighted by Gasteiger charge is -2.49. The van der Waals surface area contributed by atoms with E-state index in [2.05, 4.69) is 32.7 Å². The Kier molecular flexibility index (Phi) is 5.79. The molecule has 1 amide bonds. The molecule has 4 aliphatic rings. The van der Waals surface area contributed by atoms with Gasteiger partial charge >= 0.3 is 0 Å². The first-order chi connectivity index (χ1) is 15.9. The highest BCUT2D eigenvalue weighted by atomic mass is 19.1. The van der Waals surface area contributed by atoms with Gasteiger partial charge in [0.2, 0.25) is 0 Å². The molecule has 0 aromatic carbocycles. The third-order valence-corrected chi connectivity index (χ3v) is 6.87. The van der Waals surface area contributed by atoms with Gasteiger partial charge in [-0.15, -0.1) is 0 Å². The van der Waals surface area contributed by atoms with Crippen molar-refractivity contribution in [3.63, 3.8) is 0 Å². The maximum atomic E-state index is 15.5. The zero-order valence-corrected chi connectivity index (χ0v) is 18.8. The highest BCUT2D eigenvalue weighted by molar-refractivity contribution is 6.13. The lowest BCUT2D eigenvalue weighted by atomic mass is 9.81. The maximum absolute atomic E-state index is 15.5. The Hall–Kier alpha value is -2.98. The molecule has 2 N–H and O–H groups in total. The van der Waals surface area contributed by atoms with Crippen LogP contribution in [0.1, 0.15) is 6.92 Å². The van der Waals surface area contributed by atoms with Crippen molar-refractivity contribution < 1.29 is 18.7 Å². The summed E-state index contributed by atoms with van der Waals surface area (Å²) < 4.78 is 21.6. The van der Waals surface area contributed by atoms with Crippen LogP contribution in [0.3, 0.4) is 0 Å². The molecule has 1 aliphatic carbocycles. The summed E-state index contributed by atoms with van der Waals surface area (Å²) in [4.78, 5) is 36.7. The Morgan fingerprint density at radius 3 is 2.76 bits per heavy atom. The fourth-order valence-corrected chi connectivity index (χ4v) is 4.97. The number of pyridine rings is 1. The number of rotatable bonds is 4. The summed E-state index contributed by atoms with van der Waals surface area (Å²) >= 11 is 0. The van der Waals surface area contributed by atoms with Crippen LogP contribution in [0, 0.1) is 5.92 Å². The van der Waals surface area contributed by atoms with Gasteiger partial charge in [-0.05, 0) is 32.2 Å². The maximum Gasteiger partial charge on any atom is 0.251 e. The van der Waals surface area contributed by atoms with Crippen molar-refractivity contribution >= 4 is 17.5 Å². The number of ketones is 1. The molecule has 2 saturated heterocycles. The van der Waals surface area contributed by atoms with Crippen LogP contribution in [0.15, 0.2) is 47.5 Å². The molecule has 1 aromatic heterocycles. The predicted molar refractivity (Wildman–Crippen MR) is 119 cm³/mol. The molecule has 0 radical (unpaired) electrons. The number of Topliss-reactive ketones (excluding diaryl/α,β-unsaturated/α-hetero) is 1. The Morgan fingerprint density at radius 2 is 2.03 bits per heavy atom.